The highest BCUT2D eigenvalue weighted by Gasteiger charge is 2.37. The van der Waals surface area contributed by atoms with Gasteiger partial charge in [-0.3, -0.25) is 19.0 Å². The number of likely N-dealkylation sites (tertiary alicyclic amines) is 1. The normalized spacial score (nSPS) is 20.1. The lowest BCUT2D eigenvalue weighted by Crippen LogP contribution is -2.34. The molecule has 0 N–H and O–H groups in total. The van der Waals surface area contributed by atoms with E-state index in [4.69, 9.17) is 4.74 Å². The van der Waals surface area contributed by atoms with Crippen molar-refractivity contribution in [3.8, 4) is 11.1 Å². The third-order valence-corrected chi connectivity index (χ3v) is 7.74. The summed E-state index contributed by atoms with van der Waals surface area (Å²) in [5.41, 5.74) is 5.09. The summed E-state index contributed by atoms with van der Waals surface area (Å²) in [6, 6.07) is 11.0. The number of piperidine rings is 1. The summed E-state index contributed by atoms with van der Waals surface area (Å²) < 4.78 is 9.30. The standard InChI is InChI=1S/C27H32N6O2/c1-17(2)33-25-23-13-19(6-9-24(23)29-30-26(25)31(3)27(33)34)20-5-7-21(28-14-20)16-35-11-10-32-15-18-4-8-22(32)12-18/h5-7,9,13-14,17-18,22H,4,8,10-12,15-16H2,1-3H3. The average molecular weight is 473 g/mol. The molecule has 2 fully saturated rings. The van der Waals surface area contributed by atoms with E-state index in [-0.39, 0.29) is 11.7 Å². The van der Waals surface area contributed by atoms with Gasteiger partial charge in [0.15, 0.2) is 5.65 Å². The summed E-state index contributed by atoms with van der Waals surface area (Å²) in [7, 11) is 1.74. The summed E-state index contributed by atoms with van der Waals surface area (Å²) in [5, 5.41) is 9.60. The SMILES string of the molecule is CC(C)n1c(=O)n(C)c2nnc3ccc(-c4ccc(COCCN5CC6CCC5C6)nc4)cc3c21. The minimum atomic E-state index is -0.0783. The lowest BCUT2D eigenvalue weighted by molar-refractivity contribution is 0.0806. The zero-order valence-corrected chi connectivity index (χ0v) is 20.6. The van der Waals surface area contributed by atoms with Crippen molar-refractivity contribution in [2.45, 2.75) is 51.8 Å². The second-order valence-electron chi connectivity index (χ2n) is 10.3. The lowest BCUT2D eigenvalue weighted by atomic mass is 10.0. The quantitative estimate of drug-likeness (QED) is 0.379. The summed E-state index contributed by atoms with van der Waals surface area (Å²) >= 11 is 0. The Hall–Kier alpha value is -3.10. The van der Waals surface area contributed by atoms with Crippen molar-refractivity contribution < 1.29 is 4.74 Å². The van der Waals surface area contributed by atoms with Gasteiger partial charge in [-0.15, -0.1) is 10.2 Å². The number of ether oxygens (including phenoxy) is 1. The molecule has 2 bridgehead atoms. The molecule has 1 saturated heterocycles. The lowest BCUT2D eigenvalue weighted by Gasteiger charge is -2.26. The van der Waals surface area contributed by atoms with Crippen molar-refractivity contribution in [1.29, 1.82) is 0 Å². The fourth-order valence-corrected chi connectivity index (χ4v) is 5.89. The van der Waals surface area contributed by atoms with E-state index in [2.05, 4.69) is 32.2 Å². The van der Waals surface area contributed by atoms with Crippen LogP contribution in [-0.4, -0.2) is 55.0 Å². The first kappa shape index (κ1) is 22.4. The Bertz CT molecular complexity index is 1440. The fourth-order valence-electron chi connectivity index (χ4n) is 5.89. The maximum atomic E-state index is 12.8. The molecule has 0 spiro atoms. The number of fused-ring (bicyclic) bond motifs is 5. The van der Waals surface area contributed by atoms with E-state index in [1.165, 1.54) is 25.8 Å². The molecule has 2 unspecified atom stereocenters. The van der Waals surface area contributed by atoms with Crippen LogP contribution in [0.1, 0.15) is 44.8 Å². The third kappa shape index (κ3) is 3.94. The smallest absolute Gasteiger partial charge is 0.330 e. The zero-order valence-electron chi connectivity index (χ0n) is 20.6. The predicted octanol–water partition coefficient (Wildman–Crippen LogP) is 3.93. The molecular weight excluding hydrogens is 440 g/mol. The number of nitrogens with zero attached hydrogens (tertiary/aromatic N) is 6. The minimum Gasteiger partial charge on any atom is -0.374 e. The van der Waals surface area contributed by atoms with Crippen LogP contribution in [-0.2, 0) is 18.4 Å². The van der Waals surface area contributed by atoms with E-state index in [0.717, 1.165) is 58.4 Å². The molecule has 0 radical (unpaired) electrons. The Morgan fingerprint density at radius 2 is 1.97 bits per heavy atom. The van der Waals surface area contributed by atoms with Gasteiger partial charge in [0.05, 0.1) is 24.4 Å². The highest BCUT2D eigenvalue weighted by atomic mass is 16.5. The second-order valence-corrected chi connectivity index (χ2v) is 10.3. The molecule has 3 aromatic heterocycles. The maximum Gasteiger partial charge on any atom is 0.330 e. The molecule has 35 heavy (non-hydrogen) atoms. The molecule has 182 valence electrons. The van der Waals surface area contributed by atoms with Crippen LogP contribution in [0.2, 0.25) is 0 Å². The van der Waals surface area contributed by atoms with E-state index in [9.17, 15) is 4.79 Å². The fraction of sp³-hybridized carbons (Fsp3) is 0.481. The number of aryl methyl sites for hydroxylation is 1. The van der Waals surface area contributed by atoms with Crippen LogP contribution in [0.15, 0.2) is 41.3 Å². The predicted molar refractivity (Wildman–Crippen MR) is 136 cm³/mol. The molecule has 1 aliphatic carbocycles. The molecule has 4 heterocycles. The van der Waals surface area contributed by atoms with Gasteiger partial charge >= 0.3 is 5.69 Å². The highest BCUT2D eigenvalue weighted by Crippen LogP contribution is 2.37. The molecule has 8 nitrogen and oxygen atoms in total. The molecule has 2 atom stereocenters. The number of hydrogen-bond donors (Lipinski definition) is 0. The van der Waals surface area contributed by atoms with Crippen LogP contribution >= 0.6 is 0 Å². The zero-order chi connectivity index (χ0) is 24.1. The van der Waals surface area contributed by atoms with Crippen LogP contribution < -0.4 is 5.69 Å². The number of benzene rings is 1. The topological polar surface area (TPSA) is 78.1 Å². The van der Waals surface area contributed by atoms with E-state index in [1.54, 1.807) is 16.2 Å². The largest absolute Gasteiger partial charge is 0.374 e. The van der Waals surface area contributed by atoms with E-state index < -0.39 is 0 Å². The molecule has 6 rings (SSSR count). The first-order valence-electron chi connectivity index (χ1n) is 12.6. The van der Waals surface area contributed by atoms with Gasteiger partial charge in [-0.2, -0.15) is 0 Å². The third-order valence-electron chi connectivity index (χ3n) is 7.74. The molecule has 0 amide bonds. The van der Waals surface area contributed by atoms with Gasteiger partial charge in [-0.1, -0.05) is 12.1 Å². The number of pyridine rings is 1. The van der Waals surface area contributed by atoms with Crippen LogP contribution in [0, 0.1) is 5.92 Å². The van der Waals surface area contributed by atoms with Crippen molar-refractivity contribution in [1.82, 2.24) is 29.2 Å². The van der Waals surface area contributed by atoms with Gasteiger partial charge in [-0.25, -0.2) is 4.79 Å². The summed E-state index contributed by atoms with van der Waals surface area (Å²) in [4.78, 5) is 20.1. The number of imidazole rings is 1. The van der Waals surface area contributed by atoms with Gasteiger partial charge in [-0.05, 0) is 62.8 Å². The van der Waals surface area contributed by atoms with Crippen molar-refractivity contribution in [2.75, 3.05) is 19.7 Å². The van der Waals surface area contributed by atoms with E-state index in [0.29, 0.717) is 12.3 Å². The molecule has 1 saturated carbocycles. The molecule has 1 aliphatic heterocycles. The average Bonchev–Trinajstić information content (AvgIpc) is 3.56. The van der Waals surface area contributed by atoms with Gasteiger partial charge in [0.2, 0.25) is 0 Å². The monoisotopic (exact) mass is 472 g/mol. The van der Waals surface area contributed by atoms with Crippen LogP contribution in [0.4, 0.5) is 0 Å². The first-order valence-corrected chi connectivity index (χ1v) is 12.6. The highest BCUT2D eigenvalue weighted by molar-refractivity contribution is 6.02. The Kier molecular flexibility index (Phi) is 5.65. The Balaban J connectivity index is 1.20. The summed E-state index contributed by atoms with van der Waals surface area (Å²) in [5.74, 6) is 0.923. The second kappa shape index (κ2) is 8.84. The van der Waals surface area contributed by atoms with Gasteiger partial charge in [0, 0.05) is 49.4 Å². The Labute approximate surface area is 204 Å². The summed E-state index contributed by atoms with van der Waals surface area (Å²) in [6.45, 7) is 7.58. The van der Waals surface area contributed by atoms with Crippen LogP contribution in [0.3, 0.4) is 0 Å². The molecule has 2 aliphatic rings. The van der Waals surface area contributed by atoms with Crippen LogP contribution in [0.25, 0.3) is 33.2 Å². The number of rotatable bonds is 7. The van der Waals surface area contributed by atoms with Gasteiger partial charge < -0.3 is 4.74 Å². The van der Waals surface area contributed by atoms with E-state index in [1.807, 2.05) is 38.2 Å². The van der Waals surface area contributed by atoms with Crippen LogP contribution in [0.5, 0.6) is 0 Å². The molecular formula is C27H32N6O2. The number of hydrogen-bond acceptors (Lipinski definition) is 6. The molecule has 4 aromatic rings. The van der Waals surface area contributed by atoms with E-state index >= 15 is 0 Å². The van der Waals surface area contributed by atoms with Gasteiger partial charge in [0.1, 0.15) is 5.52 Å². The maximum absolute atomic E-state index is 12.8. The summed E-state index contributed by atoms with van der Waals surface area (Å²) in [6.07, 6.45) is 6.05. The van der Waals surface area contributed by atoms with Crippen molar-refractivity contribution in [3.05, 3.63) is 52.7 Å². The minimum absolute atomic E-state index is 0.0174. The molecule has 8 heteroatoms. The number of aromatic nitrogens is 5. The Morgan fingerprint density at radius 3 is 2.69 bits per heavy atom. The van der Waals surface area contributed by atoms with Gasteiger partial charge in [0.25, 0.3) is 0 Å². The van der Waals surface area contributed by atoms with Crippen molar-refractivity contribution >= 4 is 22.1 Å². The van der Waals surface area contributed by atoms with Crippen molar-refractivity contribution in [2.24, 2.45) is 13.0 Å². The first-order chi connectivity index (χ1) is 17.0. The Morgan fingerprint density at radius 1 is 1.11 bits per heavy atom. The van der Waals surface area contributed by atoms with Crippen molar-refractivity contribution in [3.63, 3.8) is 0 Å². The molecule has 1 aromatic carbocycles.